The molecular weight excluding hydrogens is 288 g/mol. The van der Waals surface area contributed by atoms with Crippen LogP contribution in [0.5, 0.6) is 11.5 Å². The summed E-state index contributed by atoms with van der Waals surface area (Å²) in [5.41, 5.74) is 2.56. The van der Waals surface area contributed by atoms with Crippen molar-refractivity contribution in [2.24, 2.45) is 0 Å². The van der Waals surface area contributed by atoms with Gasteiger partial charge in [-0.25, -0.2) is 0 Å². The molecule has 0 heterocycles. The largest absolute Gasteiger partial charge is 0.496 e. The number of benzene rings is 2. The number of ketones is 1. The number of halogens is 1. The third kappa shape index (κ3) is 3.76. The topological polar surface area (TPSA) is 35.5 Å². The molecule has 0 unspecified atom stereocenters. The summed E-state index contributed by atoms with van der Waals surface area (Å²) in [5.74, 6) is 0.916. The third-order valence-corrected chi connectivity index (χ3v) is 3.42. The first-order valence-electron chi connectivity index (χ1n) is 6.58. The highest BCUT2D eigenvalue weighted by atomic mass is 35.5. The van der Waals surface area contributed by atoms with E-state index in [4.69, 9.17) is 21.1 Å². The average Bonchev–Trinajstić information content (AvgIpc) is 2.47. The molecule has 3 nitrogen and oxygen atoms in total. The van der Waals surface area contributed by atoms with Gasteiger partial charge in [-0.05, 0) is 49.2 Å². The van der Waals surface area contributed by atoms with Gasteiger partial charge in [0.15, 0.2) is 6.61 Å². The van der Waals surface area contributed by atoms with Gasteiger partial charge in [-0.1, -0.05) is 23.7 Å². The predicted molar refractivity (Wildman–Crippen MR) is 83.7 cm³/mol. The second-order valence-electron chi connectivity index (χ2n) is 4.85. The molecule has 0 saturated heterocycles. The van der Waals surface area contributed by atoms with E-state index >= 15 is 0 Å². The minimum Gasteiger partial charge on any atom is -0.496 e. The summed E-state index contributed by atoms with van der Waals surface area (Å²) in [5, 5.41) is 0.490. The molecule has 0 saturated carbocycles. The molecule has 110 valence electrons. The van der Waals surface area contributed by atoms with E-state index in [2.05, 4.69) is 0 Å². The van der Waals surface area contributed by atoms with Crippen molar-refractivity contribution in [1.82, 2.24) is 0 Å². The number of methoxy groups -OCH3 is 1. The highest BCUT2D eigenvalue weighted by Gasteiger charge is 2.14. The Kier molecular flexibility index (Phi) is 4.86. The Bertz CT molecular complexity index is 665. The van der Waals surface area contributed by atoms with Crippen molar-refractivity contribution in [2.45, 2.75) is 13.8 Å². The molecule has 0 N–H and O–H groups in total. The summed E-state index contributed by atoms with van der Waals surface area (Å²) in [4.78, 5) is 12.3. The lowest BCUT2D eigenvalue weighted by Gasteiger charge is -2.11. The number of carbonyl (C=O) groups is 1. The van der Waals surface area contributed by atoms with E-state index in [-0.39, 0.29) is 12.4 Å². The number of Topliss-reactive ketones (excluding diaryl/α,β-unsaturated/α-hetero) is 1. The van der Waals surface area contributed by atoms with Gasteiger partial charge in [0, 0.05) is 0 Å². The highest BCUT2D eigenvalue weighted by molar-refractivity contribution is 6.32. The van der Waals surface area contributed by atoms with Crippen molar-refractivity contribution in [3.63, 3.8) is 0 Å². The van der Waals surface area contributed by atoms with Gasteiger partial charge in [-0.2, -0.15) is 0 Å². The Morgan fingerprint density at radius 1 is 1.05 bits per heavy atom. The SMILES string of the molecule is COc1cc(C)ccc1C(=O)COc1cc(C)ccc1Cl. The van der Waals surface area contributed by atoms with Gasteiger partial charge in [0.1, 0.15) is 11.5 Å². The quantitative estimate of drug-likeness (QED) is 0.776. The molecule has 0 aliphatic carbocycles. The lowest BCUT2D eigenvalue weighted by molar-refractivity contribution is 0.0918. The zero-order valence-electron chi connectivity index (χ0n) is 12.3. The lowest BCUT2D eigenvalue weighted by Crippen LogP contribution is -2.13. The molecule has 0 fully saturated rings. The maximum atomic E-state index is 12.3. The molecule has 4 heteroatoms. The molecule has 2 aromatic carbocycles. The van der Waals surface area contributed by atoms with Crippen LogP contribution in [-0.2, 0) is 0 Å². The highest BCUT2D eigenvalue weighted by Crippen LogP contribution is 2.26. The van der Waals surface area contributed by atoms with Crippen LogP contribution in [0.3, 0.4) is 0 Å². The van der Waals surface area contributed by atoms with Gasteiger partial charge >= 0.3 is 0 Å². The summed E-state index contributed by atoms with van der Waals surface area (Å²) in [6.45, 7) is 3.80. The van der Waals surface area contributed by atoms with E-state index in [0.29, 0.717) is 22.1 Å². The molecule has 21 heavy (non-hydrogen) atoms. The fourth-order valence-corrected chi connectivity index (χ4v) is 2.14. The Labute approximate surface area is 129 Å². The van der Waals surface area contributed by atoms with Gasteiger partial charge in [0.05, 0.1) is 17.7 Å². The molecule has 0 bridgehead atoms. The molecule has 0 atom stereocenters. The van der Waals surface area contributed by atoms with E-state index < -0.39 is 0 Å². The smallest absolute Gasteiger partial charge is 0.203 e. The number of carbonyl (C=O) groups excluding carboxylic acids is 1. The zero-order chi connectivity index (χ0) is 15.4. The summed E-state index contributed by atoms with van der Waals surface area (Å²) < 4.78 is 10.8. The normalized spacial score (nSPS) is 10.3. The Hall–Kier alpha value is -2.00. The fraction of sp³-hybridized carbons (Fsp3) is 0.235. The van der Waals surface area contributed by atoms with Crippen LogP contribution in [0.25, 0.3) is 0 Å². The maximum Gasteiger partial charge on any atom is 0.203 e. The number of rotatable bonds is 5. The lowest BCUT2D eigenvalue weighted by atomic mass is 10.1. The fourth-order valence-electron chi connectivity index (χ4n) is 1.97. The van der Waals surface area contributed by atoms with Crippen LogP contribution in [0.15, 0.2) is 36.4 Å². The van der Waals surface area contributed by atoms with E-state index in [9.17, 15) is 4.79 Å². The number of hydrogen-bond acceptors (Lipinski definition) is 3. The van der Waals surface area contributed by atoms with E-state index in [1.165, 1.54) is 0 Å². The van der Waals surface area contributed by atoms with E-state index in [1.807, 2.05) is 38.1 Å². The number of hydrogen-bond donors (Lipinski definition) is 0. The summed E-state index contributed by atoms with van der Waals surface area (Å²) in [6, 6.07) is 10.9. The molecule has 0 aliphatic heterocycles. The standard InChI is InChI=1S/C17H17ClO3/c1-11-4-6-13(16(8-11)20-3)15(19)10-21-17-9-12(2)5-7-14(17)18/h4-9H,10H2,1-3H3. The molecule has 0 amide bonds. The van der Waals surface area contributed by atoms with Crippen LogP contribution in [0.4, 0.5) is 0 Å². The zero-order valence-corrected chi connectivity index (χ0v) is 13.0. The first-order valence-corrected chi connectivity index (χ1v) is 6.96. The Morgan fingerprint density at radius 3 is 2.33 bits per heavy atom. The van der Waals surface area contributed by atoms with Gasteiger partial charge < -0.3 is 9.47 Å². The molecule has 0 radical (unpaired) electrons. The molecule has 0 aliphatic rings. The van der Waals surface area contributed by atoms with Crippen LogP contribution in [0, 0.1) is 13.8 Å². The van der Waals surface area contributed by atoms with Gasteiger partial charge in [0.2, 0.25) is 5.78 Å². The van der Waals surface area contributed by atoms with Crippen molar-refractivity contribution in [3.05, 3.63) is 58.1 Å². The summed E-state index contributed by atoms with van der Waals surface area (Å²) >= 11 is 6.04. The summed E-state index contributed by atoms with van der Waals surface area (Å²) in [7, 11) is 1.55. The van der Waals surface area contributed by atoms with Crippen LogP contribution in [-0.4, -0.2) is 19.5 Å². The second kappa shape index (κ2) is 6.64. The van der Waals surface area contributed by atoms with Crippen molar-refractivity contribution in [2.75, 3.05) is 13.7 Å². The molecule has 2 rings (SSSR count). The van der Waals surface area contributed by atoms with E-state index in [0.717, 1.165) is 11.1 Å². The van der Waals surface area contributed by atoms with Crippen molar-refractivity contribution in [3.8, 4) is 11.5 Å². The minimum atomic E-state index is -0.149. The predicted octanol–water partition coefficient (Wildman–Crippen LogP) is 4.23. The molecule has 0 spiro atoms. The van der Waals surface area contributed by atoms with Crippen LogP contribution in [0.2, 0.25) is 5.02 Å². The molecule has 0 aromatic heterocycles. The third-order valence-electron chi connectivity index (χ3n) is 3.10. The van der Waals surface area contributed by atoms with Gasteiger partial charge in [0.25, 0.3) is 0 Å². The minimum absolute atomic E-state index is 0.0808. The van der Waals surface area contributed by atoms with Gasteiger partial charge in [-0.3, -0.25) is 4.79 Å². The first-order chi connectivity index (χ1) is 10.0. The van der Waals surface area contributed by atoms with Crippen LogP contribution >= 0.6 is 11.6 Å². The van der Waals surface area contributed by atoms with E-state index in [1.54, 1.807) is 19.2 Å². The molecule has 2 aromatic rings. The molecular formula is C17H17ClO3. The van der Waals surface area contributed by atoms with Crippen LogP contribution < -0.4 is 9.47 Å². The van der Waals surface area contributed by atoms with Crippen LogP contribution in [0.1, 0.15) is 21.5 Å². The average molecular weight is 305 g/mol. The van der Waals surface area contributed by atoms with Crippen molar-refractivity contribution >= 4 is 17.4 Å². The monoisotopic (exact) mass is 304 g/mol. The first kappa shape index (κ1) is 15.4. The Morgan fingerprint density at radius 2 is 1.67 bits per heavy atom. The van der Waals surface area contributed by atoms with Crippen molar-refractivity contribution < 1.29 is 14.3 Å². The second-order valence-corrected chi connectivity index (χ2v) is 5.26. The van der Waals surface area contributed by atoms with Crippen molar-refractivity contribution in [1.29, 1.82) is 0 Å². The summed E-state index contributed by atoms with van der Waals surface area (Å²) in [6.07, 6.45) is 0. The number of aryl methyl sites for hydroxylation is 2. The van der Waals surface area contributed by atoms with Gasteiger partial charge in [-0.15, -0.1) is 0 Å². The number of ether oxygens (including phenoxy) is 2. The maximum absolute atomic E-state index is 12.3. The Balaban J connectivity index is 2.13.